The summed E-state index contributed by atoms with van der Waals surface area (Å²) in [7, 11) is 0. The predicted molar refractivity (Wildman–Crippen MR) is 386 cm³/mol. The molecule has 0 saturated carbocycles. The molecule has 0 spiro atoms. The van der Waals surface area contributed by atoms with Gasteiger partial charge in [-0.15, -0.1) is 0 Å². The third-order valence-electron chi connectivity index (χ3n) is 17.3. The first kappa shape index (κ1) is 36.8. The number of rotatable bonds is 11. The van der Waals surface area contributed by atoms with E-state index < -0.39 is 121 Å². The Morgan fingerprint density at radius 3 is 0.774 bits per heavy atom. The van der Waals surface area contributed by atoms with E-state index in [1.807, 2.05) is 98.6 Å². The Bertz CT molecular complexity index is 6410. The van der Waals surface area contributed by atoms with Crippen LogP contribution in [0.3, 0.4) is 0 Å². The molecule has 93 heavy (non-hydrogen) atoms. The van der Waals surface area contributed by atoms with E-state index in [-0.39, 0.29) is 62.1 Å². The fraction of sp³-hybridized carbons (Fsp3) is 0. The first-order chi connectivity index (χ1) is 54.4. The molecule has 0 aliphatic heterocycles. The van der Waals surface area contributed by atoms with Crippen LogP contribution in [0, 0.1) is 0 Å². The number of nitrogens with zero attached hydrogens (tertiary/aromatic N) is 6. The zero-order valence-corrected chi connectivity index (χ0v) is 49.0. The summed E-state index contributed by atoms with van der Waals surface area (Å²) in [6, 6.07) is 58.5. The summed E-state index contributed by atoms with van der Waals surface area (Å²) in [4.78, 5) is 16.7. The van der Waals surface area contributed by atoms with Crippen LogP contribution in [0.2, 0.25) is 0 Å². The van der Waals surface area contributed by atoms with Crippen LogP contribution in [0.25, 0.3) is 172 Å². The Hall–Kier alpha value is -12.5. The number of benzene rings is 14. The minimum Gasteiger partial charge on any atom is -0.309 e. The lowest BCUT2D eigenvalue weighted by Crippen LogP contribution is -2.09. The van der Waals surface area contributed by atoms with Gasteiger partial charge in [0, 0.05) is 43.4 Å². The van der Waals surface area contributed by atoms with Gasteiger partial charge in [-0.3, -0.25) is 4.57 Å². The Kier molecular flexibility index (Phi) is 8.80. The molecule has 6 heteroatoms. The minimum absolute atomic E-state index is 0.0544. The Labute approximate surface area is 565 Å². The van der Waals surface area contributed by atoms with E-state index in [4.69, 9.17) is 42.4 Å². The highest BCUT2D eigenvalue weighted by molar-refractivity contribution is 6.15. The smallest absolute Gasteiger partial charge is 0.238 e. The zero-order valence-electron chi connectivity index (χ0n) is 69.0. The first-order valence-electron chi connectivity index (χ1n) is 40.0. The van der Waals surface area contributed by atoms with Gasteiger partial charge in [0.2, 0.25) is 5.95 Å². The van der Waals surface area contributed by atoms with Gasteiger partial charge in [0.15, 0.2) is 11.6 Å². The van der Waals surface area contributed by atoms with E-state index >= 15 is 0 Å². The molecule has 18 aromatic rings. The molecule has 434 valence electrons. The highest BCUT2D eigenvalue weighted by Gasteiger charge is 2.25. The molecule has 4 aromatic heterocycles. The number of fused-ring (bicyclic) bond motifs is 9. The van der Waals surface area contributed by atoms with Crippen LogP contribution in [0.1, 0.15) is 27.4 Å². The van der Waals surface area contributed by atoms with Crippen molar-refractivity contribution >= 4 is 65.4 Å². The van der Waals surface area contributed by atoms with Crippen LogP contribution < -0.4 is 0 Å². The molecular weight excluding hydrogens is 1130 g/mol. The third kappa shape index (κ3) is 9.22. The second-order valence-corrected chi connectivity index (χ2v) is 22.4. The van der Waals surface area contributed by atoms with Crippen LogP contribution in [0.15, 0.2) is 339 Å². The molecule has 0 atom stereocenters. The number of para-hydroxylation sites is 2. The number of aromatic nitrogens is 6. The molecule has 0 unspecified atom stereocenters. The molecule has 14 aromatic carbocycles. The van der Waals surface area contributed by atoms with E-state index in [1.165, 1.54) is 0 Å². The lowest BCUT2D eigenvalue weighted by Gasteiger charge is -2.17. The quantitative estimate of drug-likeness (QED) is 0.130. The summed E-state index contributed by atoms with van der Waals surface area (Å²) in [6.45, 7) is 0. The van der Waals surface area contributed by atoms with Crippen molar-refractivity contribution in [2.75, 3.05) is 0 Å². The van der Waals surface area contributed by atoms with Crippen molar-refractivity contribution in [3.8, 4) is 107 Å². The third-order valence-corrected chi connectivity index (χ3v) is 17.3. The molecule has 6 nitrogen and oxygen atoms in total. The topological polar surface area (TPSA) is 53.5 Å². The molecule has 0 N–H and O–H groups in total. The van der Waals surface area contributed by atoms with E-state index in [0.29, 0.717) is 66.1 Å². The summed E-state index contributed by atoms with van der Waals surface area (Å²) in [5.74, 6) is 0.530. The van der Waals surface area contributed by atoms with Gasteiger partial charge in [-0.2, -0.15) is 9.97 Å². The number of hydrogen-bond donors (Lipinski definition) is 0. The normalized spacial score (nSPS) is 14.7. The Morgan fingerprint density at radius 1 is 0.215 bits per heavy atom. The van der Waals surface area contributed by atoms with Crippen molar-refractivity contribution in [2.24, 2.45) is 0 Å². The van der Waals surface area contributed by atoms with Crippen molar-refractivity contribution in [1.82, 2.24) is 28.7 Å². The van der Waals surface area contributed by atoms with E-state index in [1.54, 1.807) is 72.8 Å². The fourth-order valence-corrected chi connectivity index (χ4v) is 13.0. The molecule has 0 amide bonds. The monoisotopic (exact) mass is 1200 g/mol. The maximum atomic E-state index is 9.10. The van der Waals surface area contributed by atoms with Crippen LogP contribution in [0.4, 0.5) is 0 Å². The number of hydrogen-bond acceptors (Lipinski definition) is 3. The standard InChI is InChI=1S/C87H56N6/c1-7-23-57(24-8-1)63-39-45-79-71(51-63)72-52-64(58-25-9-2-10-26-58)40-46-80(72)91(79)77-37-21-19-35-69(77)85-88-86(90-87(89-85)93-83-49-43-67(61-31-15-5-16-32-61)55-75(83)76-56-68(44-50-84(76)93)62-33-17-6-18-34-62)70-36-20-22-38-78(70)92-81-47-41-65(59-27-11-3-12-28-59)53-73(81)74-54-66(42-48-82(74)92)60-29-13-4-14-30-60/h1-56H/i1D,2D,3D,4D,7D,8D,9D,10D,11D,12D,13D,14D,23D,24D,25D,26D,27D,28D,29D,30D. The van der Waals surface area contributed by atoms with Crippen LogP contribution in [-0.4, -0.2) is 28.7 Å². The summed E-state index contributed by atoms with van der Waals surface area (Å²) >= 11 is 0. The molecule has 18 rings (SSSR count). The Morgan fingerprint density at radius 2 is 0.473 bits per heavy atom. The minimum atomic E-state index is -0.563. The van der Waals surface area contributed by atoms with E-state index in [0.717, 1.165) is 44.1 Å². The summed E-state index contributed by atoms with van der Waals surface area (Å²) in [5.41, 5.74) is 10.5. The largest absolute Gasteiger partial charge is 0.309 e. The molecule has 0 radical (unpaired) electrons. The van der Waals surface area contributed by atoms with Gasteiger partial charge in [0.1, 0.15) is 0 Å². The molecule has 0 bridgehead atoms. The summed E-state index contributed by atoms with van der Waals surface area (Å²) < 4.78 is 182. The maximum Gasteiger partial charge on any atom is 0.238 e. The average molecular weight is 1210 g/mol. The molecule has 0 saturated heterocycles. The van der Waals surface area contributed by atoms with Gasteiger partial charge in [-0.05, 0) is 164 Å². The van der Waals surface area contributed by atoms with Gasteiger partial charge >= 0.3 is 0 Å². The predicted octanol–water partition coefficient (Wildman–Crippen LogP) is 22.5. The Balaban J connectivity index is 0.925. The van der Waals surface area contributed by atoms with Crippen molar-refractivity contribution in [3.05, 3.63) is 339 Å². The van der Waals surface area contributed by atoms with Crippen LogP contribution >= 0.6 is 0 Å². The van der Waals surface area contributed by atoms with E-state index in [9.17, 15) is 0 Å². The van der Waals surface area contributed by atoms with Gasteiger partial charge in [-0.25, -0.2) is 4.98 Å². The van der Waals surface area contributed by atoms with Crippen molar-refractivity contribution < 1.29 is 27.4 Å². The van der Waals surface area contributed by atoms with Crippen molar-refractivity contribution in [3.63, 3.8) is 0 Å². The molecule has 0 fully saturated rings. The second kappa shape index (κ2) is 22.2. The second-order valence-electron chi connectivity index (χ2n) is 22.4. The molecule has 0 aliphatic carbocycles. The highest BCUT2D eigenvalue weighted by atomic mass is 15.2. The SMILES string of the molecule is [2H]c1c([2H])c([2H])c(-c2ccc3c(c2)c2cc(-c4c([2H])c([2H])c([2H])c([2H])c4[2H])ccc2n3-c2ccccc2-c2nc(-c3ccccc3-n3c4ccc(-c5c([2H])c([2H])c([2H])c([2H])c5[2H])cc4c4cc(-c5c([2H])c([2H])c([2H])c([2H])c5[2H])ccc43)nc(-n3c4ccc(-c5ccccc5)cc4c4cc(-c5ccccc5)ccc43)n2)c([2H])c1[2H]. The summed E-state index contributed by atoms with van der Waals surface area (Å²) in [6.07, 6.45) is 0. The van der Waals surface area contributed by atoms with Gasteiger partial charge in [0.25, 0.3) is 0 Å². The van der Waals surface area contributed by atoms with Crippen molar-refractivity contribution in [2.45, 2.75) is 0 Å². The molecular formula is C87H56N6. The van der Waals surface area contributed by atoms with Gasteiger partial charge in [0.05, 0.1) is 71.9 Å². The lowest BCUT2D eigenvalue weighted by molar-refractivity contribution is 0.950. The highest BCUT2D eigenvalue weighted by Crippen LogP contribution is 2.44. The zero-order chi connectivity index (χ0) is 78.8. The van der Waals surface area contributed by atoms with Crippen molar-refractivity contribution in [1.29, 1.82) is 0 Å². The van der Waals surface area contributed by atoms with Crippen LogP contribution in [-0.2, 0) is 0 Å². The first-order valence-corrected chi connectivity index (χ1v) is 30.0. The molecule has 0 aliphatic rings. The fourth-order valence-electron chi connectivity index (χ4n) is 13.0. The maximum absolute atomic E-state index is 9.10. The van der Waals surface area contributed by atoms with E-state index in [2.05, 4.69) is 60.7 Å². The van der Waals surface area contributed by atoms with Gasteiger partial charge in [-0.1, -0.05) is 242 Å². The lowest BCUT2D eigenvalue weighted by atomic mass is 10.0. The van der Waals surface area contributed by atoms with Crippen LogP contribution in [0.5, 0.6) is 0 Å². The average Bonchev–Trinajstić information content (AvgIpc) is 1.57. The molecule has 4 heterocycles. The van der Waals surface area contributed by atoms with Gasteiger partial charge < -0.3 is 9.13 Å². The summed E-state index contributed by atoms with van der Waals surface area (Å²) in [5, 5.41) is 3.78.